The number of nitrogens with zero attached hydrogens (tertiary/aromatic N) is 2. The number of esters is 1. The Morgan fingerprint density at radius 3 is 2.59 bits per heavy atom. The van der Waals surface area contributed by atoms with Gasteiger partial charge in [-0.3, -0.25) is 9.59 Å². The van der Waals surface area contributed by atoms with E-state index in [2.05, 4.69) is 4.98 Å². The van der Waals surface area contributed by atoms with Crippen molar-refractivity contribution in [1.29, 1.82) is 0 Å². The highest BCUT2D eigenvalue weighted by Gasteiger charge is 2.16. The lowest BCUT2D eigenvalue weighted by atomic mass is 10.2. The summed E-state index contributed by atoms with van der Waals surface area (Å²) in [5.41, 5.74) is 1.48. The fourth-order valence-electron chi connectivity index (χ4n) is 2.65. The minimum absolute atomic E-state index is 0.162. The van der Waals surface area contributed by atoms with Crippen LogP contribution < -0.4 is 4.90 Å². The van der Waals surface area contributed by atoms with Gasteiger partial charge >= 0.3 is 5.97 Å². The highest BCUT2D eigenvalue weighted by atomic mass is 32.1. The zero-order chi connectivity index (χ0) is 19.2. The molecule has 2 aromatic carbocycles. The maximum atomic E-state index is 13.0. The molecule has 0 bridgehead atoms. The third-order valence-electron chi connectivity index (χ3n) is 3.99. The van der Waals surface area contributed by atoms with E-state index in [1.54, 1.807) is 18.3 Å². The van der Waals surface area contributed by atoms with Crippen molar-refractivity contribution in [2.45, 2.75) is 19.8 Å². The molecular formula is C20H19FN2O3S. The Labute approximate surface area is 160 Å². The van der Waals surface area contributed by atoms with Gasteiger partial charge in [-0.1, -0.05) is 12.1 Å². The molecule has 0 aliphatic rings. The van der Waals surface area contributed by atoms with Crippen molar-refractivity contribution in [3.63, 3.8) is 0 Å². The molecule has 0 unspecified atom stereocenters. The zero-order valence-electron chi connectivity index (χ0n) is 14.9. The van der Waals surface area contributed by atoms with Crippen LogP contribution in [0.1, 0.15) is 18.4 Å². The molecule has 0 radical (unpaired) electrons. The number of benzene rings is 2. The molecule has 3 aromatic rings. The van der Waals surface area contributed by atoms with E-state index >= 15 is 0 Å². The topological polar surface area (TPSA) is 59.5 Å². The zero-order valence-corrected chi connectivity index (χ0v) is 15.7. The number of thiazole rings is 1. The second-order valence-electron chi connectivity index (χ2n) is 5.85. The van der Waals surface area contributed by atoms with Crippen LogP contribution in [0.15, 0.2) is 48.5 Å². The summed E-state index contributed by atoms with van der Waals surface area (Å²) in [5, 5.41) is 0.862. The molecule has 1 amide bonds. The Balaban J connectivity index is 1.50. The molecule has 3 rings (SSSR count). The Kier molecular flexibility index (Phi) is 6.13. The van der Waals surface area contributed by atoms with E-state index < -0.39 is 5.97 Å². The van der Waals surface area contributed by atoms with Gasteiger partial charge in [0.2, 0.25) is 0 Å². The monoisotopic (exact) mass is 386 g/mol. The molecule has 5 nitrogen and oxygen atoms in total. The van der Waals surface area contributed by atoms with Crippen LogP contribution in [0.2, 0.25) is 0 Å². The third-order valence-corrected chi connectivity index (χ3v) is 5.09. The van der Waals surface area contributed by atoms with Crippen LogP contribution in [-0.2, 0) is 20.7 Å². The number of carbonyl (C=O) groups is 2. The molecule has 0 atom stereocenters. The maximum absolute atomic E-state index is 13.0. The van der Waals surface area contributed by atoms with Crippen molar-refractivity contribution in [2.75, 3.05) is 18.1 Å². The fraction of sp³-hybridized carbons (Fsp3) is 0.250. The number of ether oxygens (including phenoxy) is 1. The number of fused-ring (bicyclic) bond motifs is 1. The molecule has 140 valence electrons. The number of anilines is 1. The van der Waals surface area contributed by atoms with E-state index in [1.807, 2.05) is 24.3 Å². The molecule has 1 heterocycles. The number of hydrogen-bond donors (Lipinski definition) is 0. The van der Waals surface area contributed by atoms with E-state index in [0.29, 0.717) is 18.7 Å². The summed E-state index contributed by atoms with van der Waals surface area (Å²) in [4.78, 5) is 30.2. The van der Waals surface area contributed by atoms with Gasteiger partial charge in [-0.25, -0.2) is 9.37 Å². The molecule has 0 aliphatic carbocycles. The average molecular weight is 386 g/mol. The number of carbonyl (C=O) groups excluding carboxylic acids is 2. The van der Waals surface area contributed by atoms with E-state index in [1.165, 1.54) is 29.2 Å². The van der Waals surface area contributed by atoms with Gasteiger partial charge in [-0.2, -0.15) is 0 Å². The second kappa shape index (κ2) is 8.73. The number of para-hydroxylation sites is 1. The number of likely N-dealkylation sites (N-methyl/N-ethyl adjacent to an activating group) is 1. The molecule has 0 spiro atoms. The highest BCUT2D eigenvalue weighted by molar-refractivity contribution is 7.18. The SMILES string of the molecule is CCN(C(=O)COC(=O)CCc1nc2ccccc2s1)c1ccc(F)cc1. The van der Waals surface area contributed by atoms with E-state index in [-0.39, 0.29) is 24.8 Å². The first-order valence-corrected chi connectivity index (χ1v) is 9.44. The first-order valence-electron chi connectivity index (χ1n) is 8.63. The lowest BCUT2D eigenvalue weighted by Gasteiger charge is -2.20. The first-order chi connectivity index (χ1) is 13.1. The van der Waals surface area contributed by atoms with Crippen LogP contribution in [-0.4, -0.2) is 30.0 Å². The molecule has 27 heavy (non-hydrogen) atoms. The van der Waals surface area contributed by atoms with Crippen LogP contribution in [0, 0.1) is 5.82 Å². The standard InChI is InChI=1S/C20H19FN2O3S/c1-2-23(15-9-7-14(21)8-10-15)19(24)13-26-20(25)12-11-18-22-16-5-3-4-6-17(16)27-18/h3-10H,2,11-13H2,1H3. The highest BCUT2D eigenvalue weighted by Crippen LogP contribution is 2.22. The van der Waals surface area contributed by atoms with Crippen molar-refractivity contribution < 1.29 is 18.7 Å². The predicted molar refractivity (Wildman–Crippen MR) is 103 cm³/mol. The fourth-order valence-corrected chi connectivity index (χ4v) is 3.62. The molecule has 0 aliphatic heterocycles. The minimum atomic E-state index is -0.447. The number of amides is 1. The Hall–Kier alpha value is -2.80. The lowest BCUT2D eigenvalue weighted by molar-refractivity contribution is -0.147. The second-order valence-corrected chi connectivity index (χ2v) is 6.97. The molecule has 0 N–H and O–H groups in total. The van der Waals surface area contributed by atoms with E-state index in [9.17, 15) is 14.0 Å². The summed E-state index contributed by atoms with van der Waals surface area (Å²) < 4.78 is 19.2. The molecule has 7 heteroatoms. The van der Waals surface area contributed by atoms with E-state index in [0.717, 1.165) is 15.2 Å². The van der Waals surface area contributed by atoms with Crippen LogP contribution in [0.5, 0.6) is 0 Å². The van der Waals surface area contributed by atoms with Crippen molar-refractivity contribution in [2.24, 2.45) is 0 Å². The van der Waals surface area contributed by atoms with Gasteiger partial charge in [0.25, 0.3) is 5.91 Å². The van der Waals surface area contributed by atoms with Crippen molar-refractivity contribution in [3.8, 4) is 0 Å². The summed E-state index contributed by atoms with van der Waals surface area (Å²) in [5.74, 6) is -1.17. The number of aryl methyl sites for hydroxylation is 1. The van der Waals surface area contributed by atoms with Crippen LogP contribution >= 0.6 is 11.3 Å². The number of halogens is 1. The van der Waals surface area contributed by atoms with E-state index in [4.69, 9.17) is 4.74 Å². The van der Waals surface area contributed by atoms with Crippen LogP contribution in [0.4, 0.5) is 10.1 Å². The van der Waals surface area contributed by atoms with Crippen molar-refractivity contribution in [1.82, 2.24) is 4.98 Å². The summed E-state index contributed by atoms with van der Waals surface area (Å²) in [6, 6.07) is 13.4. The summed E-state index contributed by atoms with van der Waals surface area (Å²) >= 11 is 1.55. The molecule has 1 aromatic heterocycles. The van der Waals surface area contributed by atoms with Gasteiger partial charge in [-0.15, -0.1) is 11.3 Å². The Bertz CT molecular complexity index is 907. The summed E-state index contributed by atoms with van der Waals surface area (Å²) in [7, 11) is 0. The van der Waals surface area contributed by atoms with Gasteiger partial charge in [0.15, 0.2) is 6.61 Å². The normalized spacial score (nSPS) is 10.7. The molecular weight excluding hydrogens is 367 g/mol. The summed E-state index contributed by atoms with van der Waals surface area (Å²) in [6.07, 6.45) is 0.637. The first kappa shape index (κ1) is 19.0. The van der Waals surface area contributed by atoms with Crippen LogP contribution in [0.3, 0.4) is 0 Å². The largest absolute Gasteiger partial charge is 0.456 e. The molecule has 0 fully saturated rings. The average Bonchev–Trinajstić information content (AvgIpc) is 3.10. The summed E-state index contributed by atoms with van der Waals surface area (Å²) in [6.45, 7) is 1.85. The minimum Gasteiger partial charge on any atom is -0.456 e. The van der Waals surface area contributed by atoms with Gasteiger partial charge in [0.05, 0.1) is 21.6 Å². The smallest absolute Gasteiger partial charge is 0.306 e. The third kappa shape index (κ3) is 4.89. The van der Waals surface area contributed by atoms with Gasteiger partial charge < -0.3 is 9.64 Å². The number of hydrogen-bond acceptors (Lipinski definition) is 5. The number of aromatic nitrogens is 1. The molecule has 0 saturated heterocycles. The molecule has 0 saturated carbocycles. The Morgan fingerprint density at radius 1 is 1.15 bits per heavy atom. The van der Waals surface area contributed by atoms with Crippen molar-refractivity contribution >= 4 is 39.1 Å². The van der Waals surface area contributed by atoms with Crippen molar-refractivity contribution in [3.05, 3.63) is 59.4 Å². The maximum Gasteiger partial charge on any atom is 0.306 e. The lowest BCUT2D eigenvalue weighted by Crippen LogP contribution is -2.34. The quantitative estimate of drug-likeness (QED) is 0.577. The van der Waals surface area contributed by atoms with Gasteiger partial charge in [0, 0.05) is 18.7 Å². The predicted octanol–water partition coefficient (Wildman–Crippen LogP) is 3.96. The van der Waals surface area contributed by atoms with Gasteiger partial charge in [-0.05, 0) is 43.3 Å². The Morgan fingerprint density at radius 2 is 1.89 bits per heavy atom. The van der Waals surface area contributed by atoms with Crippen LogP contribution in [0.25, 0.3) is 10.2 Å². The number of rotatable bonds is 7. The van der Waals surface area contributed by atoms with Gasteiger partial charge in [0.1, 0.15) is 5.82 Å².